The molecular formula is C14H22N2O. The Kier molecular flexibility index (Phi) is 4.02. The lowest BCUT2D eigenvalue weighted by Crippen LogP contribution is -2.22. The van der Waals surface area contributed by atoms with E-state index in [0.29, 0.717) is 17.6 Å². The van der Waals surface area contributed by atoms with Crippen LogP contribution in [0.4, 0.5) is 0 Å². The summed E-state index contributed by atoms with van der Waals surface area (Å²) in [4.78, 5) is 2.38. The van der Waals surface area contributed by atoms with Crippen LogP contribution in [0.25, 0.3) is 0 Å². The Morgan fingerprint density at radius 3 is 2.53 bits per heavy atom. The highest BCUT2D eigenvalue weighted by Gasteiger charge is 2.25. The minimum absolute atomic E-state index is 0.337. The molecule has 3 heteroatoms. The lowest BCUT2D eigenvalue weighted by atomic mass is 9.82. The second-order valence-electron chi connectivity index (χ2n) is 5.07. The standard InChI is InChI=1S/C14H22N2O/c1-16-8-6-12(10-15)14(7-9-16)11-2-4-13(17)5-3-11/h2-5,12,14,17H,6-10,15H2,1H3. The molecule has 2 unspecified atom stereocenters. The highest BCUT2D eigenvalue weighted by atomic mass is 16.3. The zero-order valence-corrected chi connectivity index (χ0v) is 10.5. The molecule has 0 amide bonds. The Morgan fingerprint density at radius 2 is 1.88 bits per heavy atom. The van der Waals surface area contributed by atoms with Crippen molar-refractivity contribution >= 4 is 0 Å². The third-order valence-corrected chi connectivity index (χ3v) is 3.90. The average Bonchev–Trinajstić information content (AvgIpc) is 2.52. The molecule has 1 heterocycles. The molecule has 0 bridgehead atoms. The summed E-state index contributed by atoms with van der Waals surface area (Å²) in [5, 5.41) is 9.34. The van der Waals surface area contributed by atoms with Crippen molar-refractivity contribution < 1.29 is 5.11 Å². The van der Waals surface area contributed by atoms with Gasteiger partial charge in [0.15, 0.2) is 0 Å². The van der Waals surface area contributed by atoms with Crippen LogP contribution in [0.1, 0.15) is 24.3 Å². The van der Waals surface area contributed by atoms with E-state index in [1.54, 1.807) is 12.1 Å². The fourth-order valence-electron chi connectivity index (χ4n) is 2.74. The molecule has 3 N–H and O–H groups in total. The molecule has 2 atom stereocenters. The van der Waals surface area contributed by atoms with Crippen LogP contribution in [0.15, 0.2) is 24.3 Å². The van der Waals surface area contributed by atoms with Crippen molar-refractivity contribution in [1.82, 2.24) is 4.90 Å². The topological polar surface area (TPSA) is 49.5 Å². The van der Waals surface area contributed by atoms with Crippen LogP contribution in [0.2, 0.25) is 0 Å². The van der Waals surface area contributed by atoms with Crippen molar-refractivity contribution in [3.63, 3.8) is 0 Å². The number of likely N-dealkylation sites (tertiary alicyclic amines) is 1. The van der Waals surface area contributed by atoms with Gasteiger partial charge in [-0.1, -0.05) is 12.1 Å². The monoisotopic (exact) mass is 234 g/mol. The Morgan fingerprint density at radius 1 is 1.24 bits per heavy atom. The van der Waals surface area contributed by atoms with Crippen molar-refractivity contribution in [2.24, 2.45) is 11.7 Å². The van der Waals surface area contributed by atoms with E-state index in [4.69, 9.17) is 5.73 Å². The number of hydrogen-bond donors (Lipinski definition) is 2. The first kappa shape index (κ1) is 12.4. The SMILES string of the molecule is CN1CCC(CN)C(c2ccc(O)cc2)CC1. The van der Waals surface area contributed by atoms with Gasteiger partial charge in [-0.2, -0.15) is 0 Å². The predicted octanol–water partition coefficient (Wildman–Crippen LogP) is 1.78. The Bertz CT molecular complexity index is 350. The van der Waals surface area contributed by atoms with Crippen LogP contribution in [0.5, 0.6) is 5.75 Å². The first-order valence-corrected chi connectivity index (χ1v) is 6.38. The number of nitrogens with two attached hydrogens (primary N) is 1. The molecule has 1 aliphatic heterocycles. The van der Waals surface area contributed by atoms with Crippen LogP contribution in [-0.2, 0) is 0 Å². The Hall–Kier alpha value is -1.06. The summed E-state index contributed by atoms with van der Waals surface area (Å²) in [6.07, 6.45) is 2.32. The van der Waals surface area contributed by atoms with Gasteiger partial charge in [-0.05, 0) is 69.1 Å². The molecule has 94 valence electrons. The highest BCUT2D eigenvalue weighted by Crippen LogP contribution is 2.33. The lowest BCUT2D eigenvalue weighted by Gasteiger charge is -2.23. The molecule has 17 heavy (non-hydrogen) atoms. The van der Waals surface area contributed by atoms with E-state index in [2.05, 4.69) is 11.9 Å². The number of rotatable bonds is 2. The third kappa shape index (κ3) is 2.99. The van der Waals surface area contributed by atoms with Crippen molar-refractivity contribution in [2.45, 2.75) is 18.8 Å². The second-order valence-corrected chi connectivity index (χ2v) is 5.07. The van der Waals surface area contributed by atoms with Crippen LogP contribution < -0.4 is 5.73 Å². The van der Waals surface area contributed by atoms with Gasteiger partial charge in [-0.3, -0.25) is 0 Å². The van der Waals surface area contributed by atoms with Gasteiger partial charge < -0.3 is 15.7 Å². The van der Waals surface area contributed by atoms with Gasteiger partial charge in [0.05, 0.1) is 0 Å². The van der Waals surface area contributed by atoms with Crippen molar-refractivity contribution in [3.8, 4) is 5.75 Å². The maximum atomic E-state index is 9.34. The lowest BCUT2D eigenvalue weighted by molar-refractivity contribution is 0.342. The third-order valence-electron chi connectivity index (χ3n) is 3.90. The molecule has 1 fully saturated rings. The number of phenols is 1. The Labute approximate surface area is 103 Å². The van der Waals surface area contributed by atoms with Gasteiger partial charge in [-0.15, -0.1) is 0 Å². The maximum Gasteiger partial charge on any atom is 0.115 e. The van der Waals surface area contributed by atoms with E-state index >= 15 is 0 Å². The van der Waals surface area contributed by atoms with Gasteiger partial charge in [0, 0.05) is 0 Å². The van der Waals surface area contributed by atoms with Gasteiger partial charge in [0.25, 0.3) is 0 Å². The first-order chi connectivity index (χ1) is 8.20. The van der Waals surface area contributed by atoms with Gasteiger partial charge in [0.1, 0.15) is 5.75 Å². The van der Waals surface area contributed by atoms with Crippen molar-refractivity contribution in [2.75, 3.05) is 26.7 Å². The van der Waals surface area contributed by atoms with Gasteiger partial charge in [-0.25, -0.2) is 0 Å². The van der Waals surface area contributed by atoms with Crippen LogP contribution in [0.3, 0.4) is 0 Å². The quantitative estimate of drug-likeness (QED) is 0.820. The number of aromatic hydroxyl groups is 1. The summed E-state index contributed by atoms with van der Waals surface area (Å²) in [5.41, 5.74) is 7.22. The summed E-state index contributed by atoms with van der Waals surface area (Å²) in [5.74, 6) is 1.43. The molecule has 1 aliphatic rings. The summed E-state index contributed by atoms with van der Waals surface area (Å²) < 4.78 is 0. The molecule has 1 saturated heterocycles. The summed E-state index contributed by atoms with van der Waals surface area (Å²) in [6.45, 7) is 3.01. The molecule has 0 spiro atoms. The van der Waals surface area contributed by atoms with Gasteiger partial charge >= 0.3 is 0 Å². The molecule has 0 saturated carbocycles. The van der Waals surface area contributed by atoms with E-state index in [1.165, 1.54) is 12.0 Å². The fourth-order valence-corrected chi connectivity index (χ4v) is 2.74. The largest absolute Gasteiger partial charge is 0.508 e. The van der Waals surface area contributed by atoms with Crippen LogP contribution in [0, 0.1) is 5.92 Å². The van der Waals surface area contributed by atoms with E-state index in [1.807, 2.05) is 12.1 Å². The molecule has 3 nitrogen and oxygen atoms in total. The normalized spacial score (nSPS) is 26.7. The van der Waals surface area contributed by atoms with Crippen molar-refractivity contribution in [3.05, 3.63) is 29.8 Å². The van der Waals surface area contributed by atoms with E-state index in [9.17, 15) is 5.11 Å². The fraction of sp³-hybridized carbons (Fsp3) is 0.571. The molecule has 1 aromatic carbocycles. The van der Waals surface area contributed by atoms with Crippen LogP contribution >= 0.6 is 0 Å². The molecule has 2 rings (SSSR count). The molecule has 1 aromatic rings. The average molecular weight is 234 g/mol. The minimum Gasteiger partial charge on any atom is -0.508 e. The first-order valence-electron chi connectivity index (χ1n) is 6.38. The smallest absolute Gasteiger partial charge is 0.115 e. The predicted molar refractivity (Wildman–Crippen MR) is 70.1 cm³/mol. The minimum atomic E-state index is 0.337. The Balaban J connectivity index is 2.18. The van der Waals surface area contributed by atoms with Crippen molar-refractivity contribution in [1.29, 1.82) is 0 Å². The zero-order valence-electron chi connectivity index (χ0n) is 10.5. The number of hydrogen-bond acceptors (Lipinski definition) is 3. The van der Waals surface area contributed by atoms with E-state index in [0.717, 1.165) is 26.1 Å². The van der Waals surface area contributed by atoms with E-state index in [-0.39, 0.29) is 0 Å². The van der Waals surface area contributed by atoms with Gasteiger partial charge in [0.2, 0.25) is 0 Å². The maximum absolute atomic E-state index is 9.34. The number of phenolic OH excluding ortho intramolecular Hbond substituents is 1. The zero-order chi connectivity index (χ0) is 12.3. The molecular weight excluding hydrogens is 212 g/mol. The summed E-state index contributed by atoms with van der Waals surface area (Å²) in [6, 6.07) is 7.62. The molecule has 0 aromatic heterocycles. The molecule has 0 radical (unpaired) electrons. The molecule has 0 aliphatic carbocycles. The second kappa shape index (κ2) is 5.52. The summed E-state index contributed by atoms with van der Waals surface area (Å²) >= 11 is 0. The van der Waals surface area contributed by atoms with Crippen LogP contribution in [-0.4, -0.2) is 36.7 Å². The number of benzene rings is 1. The van der Waals surface area contributed by atoms with E-state index < -0.39 is 0 Å². The highest BCUT2D eigenvalue weighted by molar-refractivity contribution is 5.29. The number of nitrogens with zero attached hydrogens (tertiary/aromatic N) is 1. The summed E-state index contributed by atoms with van der Waals surface area (Å²) in [7, 11) is 2.17.